The zero-order valence-electron chi connectivity index (χ0n) is 19.1. The molecule has 2 heterocycles. The van der Waals surface area contributed by atoms with Gasteiger partial charge in [0, 0.05) is 64.8 Å². The molecule has 0 aliphatic rings. The predicted octanol–water partition coefficient (Wildman–Crippen LogP) is 2.49. The van der Waals surface area contributed by atoms with Crippen LogP contribution >= 0.6 is 0 Å². The van der Waals surface area contributed by atoms with Crippen molar-refractivity contribution < 1.29 is 0 Å². The first kappa shape index (κ1) is 21.3. The first-order chi connectivity index (χ1) is 15.2. The van der Waals surface area contributed by atoms with Gasteiger partial charge in [-0.05, 0) is 24.3 Å². The molecule has 2 aromatic carbocycles. The van der Waals surface area contributed by atoms with Gasteiger partial charge in [-0.25, -0.2) is 14.8 Å². The van der Waals surface area contributed by atoms with Crippen molar-refractivity contribution in [3.05, 3.63) is 69.4 Å². The van der Waals surface area contributed by atoms with E-state index < -0.39 is 11.2 Å². The second-order valence-electron chi connectivity index (χ2n) is 8.18. The Balaban J connectivity index is 2.04. The molecule has 164 valence electrons. The Morgan fingerprint density at radius 2 is 1.09 bits per heavy atom. The highest BCUT2D eigenvalue weighted by molar-refractivity contribution is 5.85. The third kappa shape index (κ3) is 3.53. The van der Waals surface area contributed by atoms with Crippen LogP contribution in [0.25, 0.3) is 33.7 Å². The molecule has 4 aromatic rings. The fourth-order valence-corrected chi connectivity index (χ4v) is 3.60. The monoisotopic (exact) mass is 430 g/mol. The van der Waals surface area contributed by atoms with Gasteiger partial charge in [0.1, 0.15) is 0 Å². The summed E-state index contributed by atoms with van der Waals surface area (Å²) in [6.07, 6.45) is 0. The second-order valence-corrected chi connectivity index (χ2v) is 8.18. The van der Waals surface area contributed by atoms with Crippen molar-refractivity contribution in [3.8, 4) is 22.5 Å². The molecule has 0 spiro atoms. The lowest BCUT2D eigenvalue weighted by molar-refractivity contribution is 0.705. The quantitative estimate of drug-likeness (QED) is 0.495. The van der Waals surface area contributed by atoms with Crippen molar-refractivity contribution in [1.82, 2.24) is 19.1 Å². The van der Waals surface area contributed by atoms with E-state index >= 15 is 0 Å². The molecule has 2 aromatic heterocycles. The number of anilines is 2. The first-order valence-corrected chi connectivity index (χ1v) is 10.2. The van der Waals surface area contributed by atoms with E-state index in [0.717, 1.165) is 27.1 Å². The number of hydrogen-bond donors (Lipinski definition) is 0. The predicted molar refractivity (Wildman–Crippen MR) is 130 cm³/mol. The van der Waals surface area contributed by atoms with E-state index in [9.17, 15) is 9.59 Å². The fraction of sp³-hybridized carbons (Fsp3) is 0.250. The van der Waals surface area contributed by atoms with E-state index in [4.69, 9.17) is 9.97 Å². The maximum atomic E-state index is 12.8. The molecule has 0 radical (unpaired) electrons. The van der Waals surface area contributed by atoms with Crippen LogP contribution in [0.15, 0.2) is 58.1 Å². The molecule has 0 fully saturated rings. The SMILES string of the molecule is CN(C)c1ccc(-c2nc3c(=O)n(C)c(=O)n(C)c3nc2-c2ccc(N(C)C)cc2)cc1. The zero-order chi connectivity index (χ0) is 23.2. The van der Waals surface area contributed by atoms with Gasteiger partial charge in [0.25, 0.3) is 5.56 Å². The summed E-state index contributed by atoms with van der Waals surface area (Å²) in [5, 5.41) is 0. The number of nitrogens with zero attached hydrogens (tertiary/aromatic N) is 6. The Kier molecular flexibility index (Phi) is 5.30. The average molecular weight is 431 g/mol. The zero-order valence-corrected chi connectivity index (χ0v) is 19.1. The first-order valence-electron chi connectivity index (χ1n) is 10.2. The molecule has 8 nitrogen and oxygen atoms in total. The van der Waals surface area contributed by atoms with Crippen molar-refractivity contribution in [2.75, 3.05) is 38.0 Å². The van der Waals surface area contributed by atoms with E-state index in [2.05, 4.69) is 0 Å². The molecule has 0 N–H and O–H groups in total. The number of fused-ring (bicyclic) bond motifs is 1. The molecule has 0 unspecified atom stereocenters. The second kappa shape index (κ2) is 7.96. The summed E-state index contributed by atoms with van der Waals surface area (Å²) in [4.78, 5) is 38.9. The molecule has 4 rings (SSSR count). The van der Waals surface area contributed by atoms with Crippen molar-refractivity contribution >= 4 is 22.5 Å². The molecule has 0 saturated heterocycles. The summed E-state index contributed by atoms with van der Waals surface area (Å²) in [6, 6.07) is 15.9. The van der Waals surface area contributed by atoms with Crippen LogP contribution in [0.3, 0.4) is 0 Å². The van der Waals surface area contributed by atoms with Crippen LogP contribution in [-0.4, -0.2) is 47.3 Å². The Hall–Kier alpha value is -3.94. The van der Waals surface area contributed by atoms with Gasteiger partial charge >= 0.3 is 5.69 Å². The molecule has 8 heteroatoms. The highest BCUT2D eigenvalue weighted by atomic mass is 16.2. The smallest absolute Gasteiger partial charge is 0.332 e. The molecular formula is C24H26N6O2. The topological polar surface area (TPSA) is 76.3 Å². The van der Waals surface area contributed by atoms with Gasteiger partial charge < -0.3 is 9.80 Å². The Morgan fingerprint density at radius 1 is 0.656 bits per heavy atom. The molecule has 0 amide bonds. The van der Waals surface area contributed by atoms with Gasteiger partial charge in [0.2, 0.25) is 0 Å². The molecule has 0 atom stereocenters. The molecule has 0 bridgehead atoms. The van der Waals surface area contributed by atoms with Gasteiger partial charge in [-0.15, -0.1) is 0 Å². The van der Waals surface area contributed by atoms with Crippen LogP contribution in [0.1, 0.15) is 0 Å². The van der Waals surface area contributed by atoms with Crippen molar-refractivity contribution in [2.45, 2.75) is 0 Å². The third-order valence-corrected chi connectivity index (χ3v) is 5.59. The molecule has 0 aliphatic carbocycles. The summed E-state index contributed by atoms with van der Waals surface area (Å²) in [7, 11) is 11.0. The largest absolute Gasteiger partial charge is 0.378 e. The molecule has 32 heavy (non-hydrogen) atoms. The minimum Gasteiger partial charge on any atom is -0.378 e. The summed E-state index contributed by atoms with van der Waals surface area (Å²) < 4.78 is 2.42. The Bertz CT molecular complexity index is 1420. The van der Waals surface area contributed by atoms with Crippen LogP contribution in [0.4, 0.5) is 11.4 Å². The lowest BCUT2D eigenvalue weighted by Gasteiger charge is -2.16. The maximum Gasteiger partial charge on any atom is 0.332 e. The molecule has 0 aliphatic heterocycles. The minimum absolute atomic E-state index is 0.162. The van der Waals surface area contributed by atoms with Crippen molar-refractivity contribution in [3.63, 3.8) is 0 Å². The number of benzene rings is 2. The number of hydrogen-bond acceptors (Lipinski definition) is 6. The van der Waals surface area contributed by atoms with E-state index in [1.165, 1.54) is 11.6 Å². The van der Waals surface area contributed by atoms with Gasteiger partial charge in [-0.2, -0.15) is 0 Å². The van der Waals surface area contributed by atoms with Crippen LogP contribution < -0.4 is 21.0 Å². The summed E-state index contributed by atoms with van der Waals surface area (Å²) in [5.41, 5.74) is 4.54. The number of rotatable bonds is 4. The van der Waals surface area contributed by atoms with Crippen molar-refractivity contribution in [1.29, 1.82) is 0 Å². The van der Waals surface area contributed by atoms with Gasteiger partial charge in [-0.3, -0.25) is 13.9 Å². The van der Waals surface area contributed by atoms with Crippen LogP contribution in [0.2, 0.25) is 0 Å². The van der Waals surface area contributed by atoms with E-state index in [1.807, 2.05) is 86.5 Å². The molecular weight excluding hydrogens is 404 g/mol. The summed E-state index contributed by atoms with van der Waals surface area (Å²) in [5.74, 6) is 0. The normalized spacial score (nSPS) is 11.1. The molecule has 0 saturated carbocycles. The Labute approximate surface area is 186 Å². The van der Waals surface area contributed by atoms with Crippen LogP contribution in [0.5, 0.6) is 0 Å². The van der Waals surface area contributed by atoms with Gasteiger partial charge in [0.05, 0.1) is 11.4 Å². The highest BCUT2D eigenvalue weighted by Crippen LogP contribution is 2.32. The van der Waals surface area contributed by atoms with Crippen molar-refractivity contribution in [2.24, 2.45) is 14.1 Å². The van der Waals surface area contributed by atoms with E-state index in [-0.39, 0.29) is 11.2 Å². The summed E-state index contributed by atoms with van der Waals surface area (Å²) in [6.45, 7) is 0. The van der Waals surface area contributed by atoms with Gasteiger partial charge in [0.15, 0.2) is 11.2 Å². The maximum absolute atomic E-state index is 12.8. The van der Waals surface area contributed by atoms with E-state index in [0.29, 0.717) is 11.4 Å². The van der Waals surface area contributed by atoms with E-state index in [1.54, 1.807) is 7.05 Å². The summed E-state index contributed by atoms with van der Waals surface area (Å²) >= 11 is 0. The average Bonchev–Trinajstić information content (AvgIpc) is 2.80. The lowest BCUT2D eigenvalue weighted by Crippen LogP contribution is -2.37. The standard InChI is InChI=1S/C24H26N6O2/c1-27(2)17-11-7-15(8-12-17)19-20(16-9-13-18(14-10-16)28(3)4)26-22-21(25-19)23(31)30(6)24(32)29(22)5/h7-14H,1-6H3. The Morgan fingerprint density at radius 3 is 1.53 bits per heavy atom. The van der Waals surface area contributed by atoms with Crippen LogP contribution in [0, 0.1) is 0 Å². The van der Waals surface area contributed by atoms with Gasteiger partial charge in [-0.1, -0.05) is 24.3 Å². The van der Waals surface area contributed by atoms with Crippen LogP contribution in [-0.2, 0) is 14.1 Å². The lowest BCUT2D eigenvalue weighted by atomic mass is 10.0. The number of aromatic nitrogens is 4. The minimum atomic E-state index is -0.462. The number of aryl methyl sites for hydroxylation is 1. The highest BCUT2D eigenvalue weighted by Gasteiger charge is 2.18. The fourth-order valence-electron chi connectivity index (χ4n) is 3.60. The third-order valence-electron chi connectivity index (χ3n) is 5.59.